The molecule has 4 nitrogen and oxygen atoms in total. The molecule has 0 N–H and O–H groups in total. The first-order valence-electron chi connectivity index (χ1n) is 7.20. The summed E-state index contributed by atoms with van der Waals surface area (Å²) in [4.78, 5) is 20.6. The Kier molecular flexibility index (Phi) is 5.48. The first kappa shape index (κ1) is 17.6. The third kappa shape index (κ3) is 4.07. The Balaban J connectivity index is 2.01. The van der Waals surface area contributed by atoms with Crippen LogP contribution in [-0.2, 0) is 9.53 Å². The van der Waals surface area contributed by atoms with Gasteiger partial charge in [0.2, 0.25) is 0 Å². The minimum Gasteiger partial charge on any atom is -0.465 e. The van der Waals surface area contributed by atoms with Crippen LogP contribution in [0.15, 0.2) is 48.1 Å². The first-order chi connectivity index (χ1) is 12.1. The van der Waals surface area contributed by atoms with Crippen LogP contribution in [0.5, 0.6) is 0 Å². The Bertz CT molecular complexity index is 939. The topological polar surface area (TPSA) is 52.1 Å². The van der Waals surface area contributed by atoms with E-state index in [1.807, 2.05) is 5.38 Å². The monoisotopic (exact) mass is 390 g/mol. The Morgan fingerprint density at radius 2 is 1.96 bits per heavy atom. The van der Waals surface area contributed by atoms with E-state index >= 15 is 0 Å². The van der Waals surface area contributed by atoms with E-state index in [0.29, 0.717) is 31.9 Å². The Morgan fingerprint density at radius 3 is 2.68 bits per heavy atom. The van der Waals surface area contributed by atoms with E-state index < -0.39 is 5.97 Å². The Labute approximate surface area is 158 Å². The summed E-state index contributed by atoms with van der Waals surface area (Å²) in [5.74, 6) is -0.441. The summed E-state index contributed by atoms with van der Waals surface area (Å²) < 4.78 is 4.88. The van der Waals surface area contributed by atoms with Crippen molar-refractivity contribution in [3.63, 3.8) is 0 Å². The second-order valence-corrected chi connectivity index (χ2v) is 6.71. The summed E-state index contributed by atoms with van der Waals surface area (Å²) in [6.07, 6.45) is 4.92. The minimum atomic E-state index is -0.441. The predicted octanol–water partition coefficient (Wildman–Crippen LogP) is 5.23. The van der Waals surface area contributed by atoms with Gasteiger partial charge in [0, 0.05) is 28.4 Å². The number of benzene rings is 1. The Hall–Kier alpha value is -2.21. The van der Waals surface area contributed by atoms with Gasteiger partial charge in [-0.25, -0.2) is 9.78 Å². The zero-order chi connectivity index (χ0) is 17.8. The molecule has 0 aliphatic carbocycles. The molecule has 25 heavy (non-hydrogen) atoms. The van der Waals surface area contributed by atoms with E-state index in [1.165, 1.54) is 18.4 Å². The maximum Gasteiger partial charge on any atom is 0.338 e. The van der Waals surface area contributed by atoms with Crippen molar-refractivity contribution in [3.8, 4) is 11.3 Å². The van der Waals surface area contributed by atoms with E-state index in [2.05, 4.69) is 9.97 Å². The van der Waals surface area contributed by atoms with Gasteiger partial charge < -0.3 is 4.74 Å². The van der Waals surface area contributed by atoms with Crippen molar-refractivity contribution in [1.29, 1.82) is 0 Å². The predicted molar refractivity (Wildman–Crippen MR) is 102 cm³/mol. The third-order valence-corrected chi connectivity index (χ3v) is 4.75. The number of hydrogen-bond acceptors (Lipinski definition) is 5. The molecule has 2 heterocycles. The van der Waals surface area contributed by atoms with Gasteiger partial charge in [-0.3, -0.25) is 4.98 Å². The molecule has 0 atom stereocenters. The molecule has 0 aliphatic heterocycles. The Morgan fingerprint density at radius 1 is 1.20 bits per heavy atom. The molecule has 0 fully saturated rings. The molecular formula is C18H12Cl2N2O2S. The highest BCUT2D eigenvalue weighted by atomic mass is 35.5. The van der Waals surface area contributed by atoms with Gasteiger partial charge in [0.05, 0.1) is 23.4 Å². The number of carbonyl (C=O) groups excluding carboxylic acids is 1. The van der Waals surface area contributed by atoms with E-state index in [1.54, 1.807) is 48.8 Å². The number of rotatable bonds is 4. The van der Waals surface area contributed by atoms with Crippen LogP contribution in [0.1, 0.15) is 10.6 Å². The smallest absolute Gasteiger partial charge is 0.338 e. The summed E-state index contributed by atoms with van der Waals surface area (Å²) in [6.45, 7) is 0. The molecule has 0 saturated heterocycles. The molecule has 0 bridgehead atoms. The van der Waals surface area contributed by atoms with Crippen LogP contribution in [-0.4, -0.2) is 23.0 Å². The number of hydrogen-bond donors (Lipinski definition) is 0. The average Bonchev–Trinajstić information content (AvgIpc) is 3.10. The number of thiazole rings is 1. The number of ether oxygens (including phenoxy) is 1. The van der Waals surface area contributed by atoms with Gasteiger partial charge in [0.25, 0.3) is 0 Å². The molecule has 3 rings (SSSR count). The second-order valence-electron chi connectivity index (χ2n) is 4.98. The summed E-state index contributed by atoms with van der Waals surface area (Å²) in [6, 6.07) is 8.69. The number of pyridine rings is 1. The fourth-order valence-electron chi connectivity index (χ4n) is 2.20. The van der Waals surface area contributed by atoms with Gasteiger partial charge in [-0.05, 0) is 42.0 Å². The van der Waals surface area contributed by atoms with Crippen LogP contribution in [0.3, 0.4) is 0 Å². The van der Waals surface area contributed by atoms with Crippen molar-refractivity contribution in [2.75, 3.05) is 7.11 Å². The fraction of sp³-hybridized carbons (Fsp3) is 0.0556. The van der Waals surface area contributed by atoms with E-state index in [9.17, 15) is 4.79 Å². The highest BCUT2D eigenvalue weighted by molar-refractivity contribution is 7.11. The van der Waals surface area contributed by atoms with Gasteiger partial charge in [-0.15, -0.1) is 11.3 Å². The molecule has 0 unspecified atom stereocenters. The molecule has 0 radical (unpaired) electrons. The molecular weight excluding hydrogens is 379 g/mol. The van der Waals surface area contributed by atoms with Gasteiger partial charge in [0.15, 0.2) is 0 Å². The quantitative estimate of drug-likeness (QED) is 0.452. The number of nitrogens with zero attached hydrogens (tertiary/aromatic N) is 2. The maximum absolute atomic E-state index is 12.1. The van der Waals surface area contributed by atoms with Crippen molar-refractivity contribution in [3.05, 3.63) is 68.7 Å². The van der Waals surface area contributed by atoms with Gasteiger partial charge >= 0.3 is 5.97 Å². The number of halogens is 2. The van der Waals surface area contributed by atoms with Crippen molar-refractivity contribution >= 4 is 52.2 Å². The third-order valence-electron chi connectivity index (χ3n) is 3.39. The summed E-state index contributed by atoms with van der Waals surface area (Å²) >= 11 is 13.7. The molecule has 2 aromatic heterocycles. The average molecular weight is 391 g/mol. The van der Waals surface area contributed by atoms with E-state index in [-0.39, 0.29) is 0 Å². The summed E-state index contributed by atoms with van der Waals surface area (Å²) in [5.41, 5.74) is 2.55. The zero-order valence-electron chi connectivity index (χ0n) is 13.1. The first-order valence-corrected chi connectivity index (χ1v) is 8.83. The second kappa shape index (κ2) is 7.78. The van der Waals surface area contributed by atoms with E-state index in [4.69, 9.17) is 27.9 Å². The highest BCUT2D eigenvalue weighted by Crippen LogP contribution is 2.32. The lowest BCUT2D eigenvalue weighted by molar-refractivity contribution is -0.133. The van der Waals surface area contributed by atoms with Gasteiger partial charge in [0.1, 0.15) is 5.01 Å². The van der Waals surface area contributed by atoms with Crippen LogP contribution < -0.4 is 0 Å². The van der Waals surface area contributed by atoms with Crippen LogP contribution in [0, 0.1) is 0 Å². The van der Waals surface area contributed by atoms with Crippen molar-refractivity contribution in [2.24, 2.45) is 0 Å². The lowest BCUT2D eigenvalue weighted by atomic mass is 10.1. The standard InChI is InChI=1S/C18H12Cl2N2O2S/c1-24-18(23)13(11-4-6-21-7-5-11)9-17-22-16(10-25-17)14-8-12(19)2-3-15(14)20/h2-10H,1H3. The van der Waals surface area contributed by atoms with E-state index in [0.717, 1.165) is 5.56 Å². The van der Waals surface area contributed by atoms with Gasteiger partial charge in [-0.1, -0.05) is 23.2 Å². The molecule has 0 amide bonds. The lowest BCUT2D eigenvalue weighted by Crippen LogP contribution is -2.03. The molecule has 7 heteroatoms. The van der Waals surface area contributed by atoms with Crippen LogP contribution in [0.4, 0.5) is 0 Å². The normalized spacial score (nSPS) is 11.4. The molecule has 126 valence electrons. The fourth-order valence-corrected chi connectivity index (χ4v) is 3.33. The van der Waals surface area contributed by atoms with Crippen LogP contribution >= 0.6 is 34.5 Å². The van der Waals surface area contributed by atoms with Gasteiger partial charge in [-0.2, -0.15) is 0 Å². The summed E-state index contributed by atoms with van der Waals surface area (Å²) in [7, 11) is 1.34. The lowest BCUT2D eigenvalue weighted by Gasteiger charge is -2.04. The molecule has 3 aromatic rings. The SMILES string of the molecule is COC(=O)C(=Cc1nc(-c2cc(Cl)ccc2Cl)cs1)c1ccncc1. The minimum absolute atomic E-state index is 0.406. The highest BCUT2D eigenvalue weighted by Gasteiger charge is 2.14. The molecule has 0 spiro atoms. The molecule has 0 saturated carbocycles. The maximum atomic E-state index is 12.1. The zero-order valence-corrected chi connectivity index (χ0v) is 15.4. The number of methoxy groups -OCH3 is 1. The van der Waals surface area contributed by atoms with Crippen LogP contribution in [0.2, 0.25) is 10.0 Å². The molecule has 1 aromatic carbocycles. The number of carbonyl (C=O) groups is 1. The largest absolute Gasteiger partial charge is 0.465 e. The van der Waals surface area contributed by atoms with Crippen LogP contribution in [0.25, 0.3) is 22.9 Å². The van der Waals surface area contributed by atoms with Crippen molar-refractivity contribution < 1.29 is 9.53 Å². The summed E-state index contributed by atoms with van der Waals surface area (Å²) in [5, 5.41) is 3.66. The van der Waals surface area contributed by atoms with Crippen molar-refractivity contribution in [2.45, 2.75) is 0 Å². The van der Waals surface area contributed by atoms with Crippen molar-refractivity contribution in [1.82, 2.24) is 9.97 Å². The number of esters is 1. The number of aromatic nitrogens is 2. The molecule has 0 aliphatic rings.